The van der Waals surface area contributed by atoms with Crippen LogP contribution in [-0.4, -0.2) is 105 Å². The number of aryl methyl sites for hydroxylation is 2. The van der Waals surface area contributed by atoms with E-state index in [9.17, 15) is 34.2 Å². The van der Waals surface area contributed by atoms with Crippen LogP contribution < -0.4 is 42.4 Å². The number of hydrogen-bond donors (Lipinski definition) is 6. The maximum Gasteiger partial charge on any atom is 0.332 e. The van der Waals surface area contributed by atoms with Gasteiger partial charge >= 0.3 is 5.69 Å². The number of methoxy groups -OCH3 is 1. The Morgan fingerprint density at radius 1 is 0.981 bits per heavy atom. The number of carbonyl (C=O) groups is 3. The number of carbonyl (C=O) groups excluding carboxylic acids is 3. The largest absolute Gasteiger partial charge is 0.493 e. The molecule has 6 rings (SSSR count). The normalized spacial score (nSPS) is 18.2. The zero-order chi connectivity index (χ0) is 39.0. The van der Waals surface area contributed by atoms with Crippen molar-refractivity contribution in [2.45, 2.75) is 58.4 Å². The van der Waals surface area contributed by atoms with Crippen molar-refractivity contribution in [2.24, 2.45) is 7.05 Å². The van der Waals surface area contributed by atoms with E-state index < -0.39 is 60.1 Å². The molecule has 0 spiro atoms. The molecule has 1 aliphatic heterocycles. The lowest BCUT2D eigenvalue weighted by atomic mass is 10.1. The highest BCUT2D eigenvalue weighted by Crippen LogP contribution is 2.33. The van der Waals surface area contributed by atoms with Crippen LogP contribution in [0.4, 0.5) is 17.5 Å². The van der Waals surface area contributed by atoms with Gasteiger partial charge in [0.25, 0.3) is 23.3 Å². The molecule has 0 bridgehead atoms. The highest BCUT2D eigenvalue weighted by molar-refractivity contribution is 6.03. The van der Waals surface area contributed by atoms with Crippen LogP contribution in [0.25, 0.3) is 22.3 Å². The Morgan fingerprint density at radius 2 is 1.72 bits per heavy atom. The second-order valence-corrected chi connectivity index (χ2v) is 12.0. The van der Waals surface area contributed by atoms with Crippen molar-refractivity contribution < 1.29 is 38.8 Å². The number of aliphatic hydroxyl groups excluding tert-OH is 2. The number of nitrogens with two attached hydrogens (primary N) is 1. The Labute approximate surface area is 304 Å². The molecule has 1 unspecified atom stereocenters. The van der Waals surface area contributed by atoms with Crippen LogP contribution >= 0.6 is 0 Å². The molecule has 7 N–H and O–H groups in total. The first-order valence-corrected chi connectivity index (χ1v) is 16.7. The van der Waals surface area contributed by atoms with Gasteiger partial charge in [-0.25, -0.2) is 14.8 Å². The van der Waals surface area contributed by atoms with Crippen LogP contribution in [0.15, 0.2) is 34.1 Å². The number of ether oxygens (including phenoxy) is 3. The van der Waals surface area contributed by atoms with E-state index in [2.05, 4.69) is 35.9 Å². The number of fused-ring (bicyclic) bond motifs is 2. The molecule has 22 heteroatoms. The molecular formula is C32H38N12O10. The molecule has 4 atom stereocenters. The summed E-state index contributed by atoms with van der Waals surface area (Å²) in [6.45, 7) is 5.24. The summed E-state index contributed by atoms with van der Waals surface area (Å²) in [6.07, 6.45) is -4.44. The summed E-state index contributed by atoms with van der Waals surface area (Å²) in [5.74, 6) is -2.12. The first-order valence-electron chi connectivity index (χ1n) is 16.7. The fourth-order valence-electron chi connectivity index (χ4n) is 6.05. The molecule has 5 heterocycles. The minimum Gasteiger partial charge on any atom is -0.493 e. The van der Waals surface area contributed by atoms with E-state index in [0.717, 1.165) is 4.57 Å². The van der Waals surface area contributed by atoms with E-state index in [4.69, 9.17) is 19.9 Å². The van der Waals surface area contributed by atoms with Gasteiger partial charge in [-0.3, -0.25) is 38.2 Å². The number of likely N-dealkylation sites (N-methyl/N-ethyl adjacent to an activating group) is 1. The van der Waals surface area contributed by atoms with Gasteiger partial charge in [0.2, 0.25) is 11.8 Å². The van der Waals surface area contributed by atoms with Crippen molar-refractivity contribution in [3.63, 3.8) is 0 Å². The summed E-state index contributed by atoms with van der Waals surface area (Å²) in [5.41, 5.74) is 5.62. The number of nitrogens with one attached hydrogen (secondary N) is 3. The Kier molecular flexibility index (Phi) is 10.3. The predicted octanol–water partition coefficient (Wildman–Crippen LogP) is -1.31. The molecule has 0 saturated carbocycles. The molecule has 1 saturated heterocycles. The Balaban J connectivity index is 1.14. The zero-order valence-corrected chi connectivity index (χ0v) is 29.8. The third kappa shape index (κ3) is 6.56. The minimum atomic E-state index is -1.54. The maximum atomic E-state index is 13.3. The van der Waals surface area contributed by atoms with Gasteiger partial charge in [0, 0.05) is 38.4 Å². The Bertz CT molecular complexity index is 2400. The number of hydrogen-bond acceptors (Lipinski definition) is 15. The highest BCUT2D eigenvalue weighted by atomic mass is 16.6. The van der Waals surface area contributed by atoms with Crippen LogP contribution in [0.3, 0.4) is 0 Å². The van der Waals surface area contributed by atoms with Crippen molar-refractivity contribution >= 4 is 57.5 Å². The summed E-state index contributed by atoms with van der Waals surface area (Å²) in [7, 11) is 2.87. The number of anilines is 3. The van der Waals surface area contributed by atoms with E-state index in [1.54, 1.807) is 20.8 Å². The van der Waals surface area contributed by atoms with Crippen LogP contribution in [0.2, 0.25) is 0 Å². The lowest BCUT2D eigenvalue weighted by molar-refractivity contribution is -0.137. The second kappa shape index (κ2) is 14.9. The van der Waals surface area contributed by atoms with Crippen molar-refractivity contribution in [1.29, 1.82) is 0 Å². The molecule has 5 aromatic rings. The predicted molar refractivity (Wildman–Crippen MR) is 190 cm³/mol. The highest BCUT2D eigenvalue weighted by Gasteiger charge is 2.47. The van der Waals surface area contributed by atoms with Gasteiger partial charge in [-0.1, -0.05) is 0 Å². The average Bonchev–Trinajstić information content (AvgIpc) is 3.81. The van der Waals surface area contributed by atoms with Gasteiger partial charge in [-0.15, -0.1) is 0 Å². The SMILES string of the molecule is CCNC(=O)C1O[C@@H](n2cnc3c(N)nc(NC(=O)COc4ccc(NC(=O)c5nc6c(c(=O)n(CC)c(=O)n6CC)n5C)cc4OC)nc32)[C@H](O)[C@@H]1O. The van der Waals surface area contributed by atoms with Gasteiger partial charge in [-0.2, -0.15) is 9.97 Å². The fourth-order valence-corrected chi connectivity index (χ4v) is 6.05. The van der Waals surface area contributed by atoms with Gasteiger partial charge in [0.15, 0.2) is 53.1 Å². The third-order valence-electron chi connectivity index (χ3n) is 8.68. The molecule has 286 valence electrons. The standard InChI is InChI=1S/C32H38N12O10/c1-6-34-27(48)22-20(46)21(47)30(54-22)44-13-35-18-23(33)38-31(40-24(18)44)37-17(45)12-53-15-10-9-14(11-16(15)52-5)36-28(49)26-39-25-19(41(26)4)29(50)43(8-3)32(51)42(25)7-2/h9-11,13,20-22,30,46-47H,6-8,12H2,1-5H3,(H,34,48)(H,36,49)(H3,33,37,38,40,45)/t20-,21+,22?,30+/m0/s1. The van der Waals surface area contributed by atoms with Crippen LogP contribution in [0.1, 0.15) is 37.6 Å². The molecule has 3 amide bonds. The summed E-state index contributed by atoms with van der Waals surface area (Å²) >= 11 is 0. The number of rotatable bonds is 12. The zero-order valence-electron chi connectivity index (χ0n) is 29.8. The summed E-state index contributed by atoms with van der Waals surface area (Å²) in [6, 6.07) is 4.40. The van der Waals surface area contributed by atoms with E-state index in [-0.39, 0.29) is 76.7 Å². The number of nitrogen functional groups attached to an aromatic ring is 1. The van der Waals surface area contributed by atoms with E-state index in [1.807, 2.05) is 0 Å². The average molecular weight is 751 g/mol. The Hall–Kier alpha value is -6.39. The molecule has 1 fully saturated rings. The summed E-state index contributed by atoms with van der Waals surface area (Å²) in [4.78, 5) is 81.2. The van der Waals surface area contributed by atoms with E-state index >= 15 is 0 Å². The lowest BCUT2D eigenvalue weighted by Crippen LogP contribution is -2.42. The number of imidazole rings is 2. The summed E-state index contributed by atoms with van der Waals surface area (Å²) < 4.78 is 21.7. The molecular weight excluding hydrogens is 712 g/mol. The minimum absolute atomic E-state index is 0.0437. The lowest BCUT2D eigenvalue weighted by Gasteiger charge is -2.16. The number of amides is 3. The molecule has 1 aromatic carbocycles. The van der Waals surface area contributed by atoms with Crippen LogP contribution in [0.5, 0.6) is 11.5 Å². The summed E-state index contributed by atoms with van der Waals surface area (Å²) in [5, 5.41) is 28.8. The maximum absolute atomic E-state index is 13.3. The molecule has 22 nitrogen and oxygen atoms in total. The number of nitrogens with zero attached hydrogens (tertiary/aromatic N) is 8. The van der Waals surface area contributed by atoms with Crippen molar-refractivity contribution in [3.8, 4) is 11.5 Å². The molecule has 0 aliphatic carbocycles. The van der Waals surface area contributed by atoms with Gasteiger partial charge in [0.1, 0.15) is 17.7 Å². The van der Waals surface area contributed by atoms with Crippen molar-refractivity contribution in [2.75, 3.05) is 36.6 Å². The first kappa shape index (κ1) is 37.4. The smallest absolute Gasteiger partial charge is 0.332 e. The van der Waals surface area contributed by atoms with Crippen molar-refractivity contribution in [3.05, 3.63) is 51.2 Å². The van der Waals surface area contributed by atoms with Gasteiger partial charge in [0.05, 0.1) is 13.4 Å². The molecule has 4 aromatic heterocycles. The van der Waals surface area contributed by atoms with Gasteiger partial charge < -0.3 is 45.4 Å². The topological polar surface area (TPSA) is 287 Å². The second-order valence-electron chi connectivity index (χ2n) is 12.0. The van der Waals surface area contributed by atoms with Gasteiger partial charge in [-0.05, 0) is 32.9 Å². The third-order valence-corrected chi connectivity index (χ3v) is 8.68. The quantitative estimate of drug-likeness (QED) is 0.0863. The monoisotopic (exact) mass is 750 g/mol. The fraction of sp³-hybridized carbons (Fsp3) is 0.406. The first-order chi connectivity index (χ1) is 25.8. The van der Waals surface area contributed by atoms with Crippen LogP contribution in [-0.2, 0) is 34.5 Å². The van der Waals surface area contributed by atoms with E-state index in [0.29, 0.717) is 0 Å². The number of aromatic nitrogens is 8. The Morgan fingerprint density at radius 3 is 2.41 bits per heavy atom. The van der Waals surface area contributed by atoms with E-state index in [1.165, 1.54) is 52.4 Å². The number of benzene rings is 1. The molecule has 54 heavy (non-hydrogen) atoms. The van der Waals surface area contributed by atoms with Crippen LogP contribution in [0, 0.1) is 0 Å². The molecule has 0 radical (unpaired) electrons. The molecule has 1 aliphatic rings. The number of aliphatic hydroxyl groups is 2. The van der Waals surface area contributed by atoms with Crippen molar-refractivity contribution in [1.82, 2.24) is 43.5 Å².